The molecule has 1 aromatic carbocycles. The molecule has 0 spiro atoms. The first-order chi connectivity index (χ1) is 10.7. The average molecular weight is 276 g/mol. The lowest BCUT2D eigenvalue weighted by atomic mass is 9.99. The van der Waals surface area contributed by atoms with Gasteiger partial charge in [0.05, 0.1) is 12.1 Å². The summed E-state index contributed by atoms with van der Waals surface area (Å²) in [6, 6.07) is -2.91. The van der Waals surface area contributed by atoms with Crippen LogP contribution in [-0.2, 0) is 4.74 Å². The standard InChI is InChI=1S/C12H16O7/c13-5-8-9(15)10(16)11(17)12(19-8)18-7-3-1-6(14)2-4-7/h1-4,8-17H,5H2/t8-,9-,10+,11-,12-/m1/s1/i1D,2D,3D,4D. The van der Waals surface area contributed by atoms with Gasteiger partial charge in [-0.1, -0.05) is 0 Å². The number of benzene rings is 1. The van der Waals surface area contributed by atoms with Crippen molar-refractivity contribution in [2.45, 2.75) is 30.7 Å². The van der Waals surface area contributed by atoms with E-state index in [-0.39, 0.29) is 0 Å². The first-order valence-electron chi connectivity index (χ1n) is 7.47. The van der Waals surface area contributed by atoms with Gasteiger partial charge in [0.25, 0.3) is 0 Å². The van der Waals surface area contributed by atoms with Crippen molar-refractivity contribution in [3.05, 3.63) is 24.2 Å². The number of hydrogen-bond donors (Lipinski definition) is 5. The third kappa shape index (κ3) is 2.96. The monoisotopic (exact) mass is 276 g/mol. The van der Waals surface area contributed by atoms with E-state index >= 15 is 0 Å². The lowest BCUT2D eigenvalue weighted by molar-refractivity contribution is -0.277. The minimum absolute atomic E-state index is 0.609. The van der Waals surface area contributed by atoms with Crippen molar-refractivity contribution >= 4 is 0 Å². The zero-order chi connectivity index (χ0) is 17.5. The quantitative estimate of drug-likeness (QED) is 0.459. The van der Waals surface area contributed by atoms with E-state index in [1.807, 2.05) is 0 Å². The van der Waals surface area contributed by atoms with Crippen LogP contribution in [0.15, 0.2) is 24.2 Å². The van der Waals surface area contributed by atoms with Crippen LogP contribution >= 0.6 is 0 Å². The summed E-state index contributed by atoms with van der Waals surface area (Å²) in [5, 5.41) is 47.7. The largest absolute Gasteiger partial charge is 0.508 e. The summed E-state index contributed by atoms with van der Waals surface area (Å²) in [7, 11) is 0. The first kappa shape index (κ1) is 9.51. The van der Waals surface area contributed by atoms with E-state index in [9.17, 15) is 20.4 Å². The lowest BCUT2D eigenvalue weighted by Crippen LogP contribution is -2.60. The van der Waals surface area contributed by atoms with Crippen LogP contribution in [-0.4, -0.2) is 62.8 Å². The Morgan fingerprint density at radius 2 is 1.74 bits per heavy atom. The van der Waals surface area contributed by atoms with Crippen LogP contribution in [0.25, 0.3) is 0 Å². The number of rotatable bonds is 3. The lowest BCUT2D eigenvalue weighted by Gasteiger charge is -2.39. The molecule has 0 bridgehead atoms. The molecule has 1 aliphatic rings. The summed E-state index contributed by atoms with van der Waals surface area (Å²) in [4.78, 5) is 0. The van der Waals surface area contributed by atoms with Crippen molar-refractivity contribution in [2.75, 3.05) is 6.61 Å². The fourth-order valence-corrected chi connectivity index (χ4v) is 1.63. The molecule has 7 nitrogen and oxygen atoms in total. The Kier molecular flexibility index (Phi) is 2.86. The molecule has 0 aliphatic carbocycles. The number of phenolic OH excluding ortho intramolecular Hbond substituents is 1. The van der Waals surface area contributed by atoms with Crippen LogP contribution in [0.4, 0.5) is 0 Å². The molecular weight excluding hydrogens is 256 g/mol. The molecule has 0 saturated carbocycles. The minimum Gasteiger partial charge on any atom is -0.508 e. The van der Waals surface area contributed by atoms with Gasteiger partial charge in [-0.3, -0.25) is 0 Å². The maximum Gasteiger partial charge on any atom is 0.229 e. The van der Waals surface area contributed by atoms with Gasteiger partial charge in [-0.2, -0.15) is 0 Å². The van der Waals surface area contributed by atoms with E-state index in [2.05, 4.69) is 0 Å². The number of aliphatic hydroxyl groups is 4. The summed E-state index contributed by atoms with van der Waals surface area (Å²) >= 11 is 0. The Labute approximate surface area is 114 Å². The molecule has 1 heterocycles. The Morgan fingerprint density at radius 1 is 1.11 bits per heavy atom. The third-order valence-corrected chi connectivity index (χ3v) is 2.67. The number of phenols is 1. The second-order valence-corrected chi connectivity index (χ2v) is 3.99. The van der Waals surface area contributed by atoms with Crippen LogP contribution in [0, 0.1) is 0 Å². The number of hydrogen-bond acceptors (Lipinski definition) is 7. The van der Waals surface area contributed by atoms with E-state index < -0.39 is 73.0 Å². The highest BCUT2D eigenvalue weighted by molar-refractivity contribution is 5.30. The van der Waals surface area contributed by atoms with E-state index in [1.54, 1.807) is 0 Å². The van der Waals surface area contributed by atoms with Crippen molar-refractivity contribution in [3.63, 3.8) is 0 Å². The topological polar surface area (TPSA) is 120 Å². The van der Waals surface area contributed by atoms with Crippen molar-refractivity contribution in [3.8, 4) is 11.5 Å². The van der Waals surface area contributed by atoms with E-state index in [0.717, 1.165) is 0 Å². The molecule has 0 unspecified atom stereocenters. The highest BCUT2D eigenvalue weighted by Gasteiger charge is 2.44. The fourth-order valence-electron chi connectivity index (χ4n) is 1.63. The molecule has 2 rings (SSSR count). The molecule has 1 fully saturated rings. The van der Waals surface area contributed by atoms with Crippen molar-refractivity contribution in [2.24, 2.45) is 0 Å². The molecule has 7 heteroatoms. The second kappa shape index (κ2) is 5.72. The molecule has 1 aliphatic heterocycles. The molecule has 1 saturated heterocycles. The summed E-state index contributed by atoms with van der Waals surface area (Å²) in [6.07, 6.45) is -7.97. The Morgan fingerprint density at radius 3 is 2.32 bits per heavy atom. The van der Waals surface area contributed by atoms with Gasteiger partial charge >= 0.3 is 0 Å². The summed E-state index contributed by atoms with van der Waals surface area (Å²) in [5.74, 6) is -1.47. The Balaban J connectivity index is 2.35. The van der Waals surface area contributed by atoms with Crippen LogP contribution < -0.4 is 4.74 Å². The van der Waals surface area contributed by atoms with E-state index in [0.29, 0.717) is 0 Å². The van der Waals surface area contributed by atoms with Crippen LogP contribution in [0.5, 0.6) is 11.5 Å². The third-order valence-electron chi connectivity index (χ3n) is 2.67. The zero-order valence-corrected chi connectivity index (χ0v) is 9.65. The number of aliphatic hydroxyl groups excluding tert-OH is 4. The molecule has 0 aromatic heterocycles. The SMILES string of the molecule is [2H]c1c([2H])c(O[C@@H]2O[C@H](CO)[C@@H](O)[C@H](O)[C@H]2O)c([2H])c([2H])c1O. The van der Waals surface area contributed by atoms with Crippen LogP contribution in [0.2, 0.25) is 0 Å². The van der Waals surface area contributed by atoms with Gasteiger partial charge in [0.2, 0.25) is 6.29 Å². The summed E-state index contributed by atoms with van der Waals surface area (Å²) < 4.78 is 40.5. The molecule has 1 aromatic rings. The summed E-state index contributed by atoms with van der Waals surface area (Å²) in [5.41, 5.74) is 0. The molecule has 5 atom stereocenters. The van der Waals surface area contributed by atoms with Crippen LogP contribution in [0.1, 0.15) is 5.48 Å². The average Bonchev–Trinajstić information content (AvgIpc) is 2.54. The normalized spacial score (nSPS) is 38.0. The predicted octanol–water partition coefficient (Wildman–Crippen LogP) is -1.43. The van der Waals surface area contributed by atoms with Gasteiger partial charge in [0.1, 0.15) is 35.9 Å². The molecule has 5 N–H and O–H groups in total. The number of aromatic hydroxyl groups is 1. The minimum atomic E-state index is -1.76. The van der Waals surface area contributed by atoms with Crippen molar-refractivity contribution in [1.82, 2.24) is 0 Å². The fraction of sp³-hybridized carbons (Fsp3) is 0.500. The Bertz CT molecular complexity index is 568. The van der Waals surface area contributed by atoms with Crippen molar-refractivity contribution in [1.29, 1.82) is 0 Å². The molecule has 0 radical (unpaired) electrons. The van der Waals surface area contributed by atoms with Gasteiger partial charge in [-0.15, -0.1) is 0 Å². The maximum absolute atomic E-state index is 9.85. The van der Waals surface area contributed by atoms with Gasteiger partial charge in [0, 0.05) is 0 Å². The van der Waals surface area contributed by atoms with E-state index in [1.165, 1.54) is 0 Å². The van der Waals surface area contributed by atoms with Gasteiger partial charge in [-0.05, 0) is 24.2 Å². The highest BCUT2D eigenvalue weighted by atomic mass is 16.7. The summed E-state index contributed by atoms with van der Waals surface area (Å²) in [6.45, 7) is -0.685. The maximum atomic E-state index is 9.85. The molecule has 19 heavy (non-hydrogen) atoms. The van der Waals surface area contributed by atoms with Crippen molar-refractivity contribution < 1.29 is 40.5 Å². The molecule has 0 amide bonds. The molecular formula is C12H16O7. The second-order valence-electron chi connectivity index (χ2n) is 3.99. The van der Waals surface area contributed by atoms with E-state index in [4.69, 9.17) is 20.1 Å². The number of ether oxygens (including phenoxy) is 2. The van der Waals surface area contributed by atoms with Gasteiger partial charge in [-0.25, -0.2) is 0 Å². The highest BCUT2D eigenvalue weighted by Crippen LogP contribution is 2.25. The van der Waals surface area contributed by atoms with Gasteiger partial charge < -0.3 is 35.0 Å². The smallest absolute Gasteiger partial charge is 0.229 e. The predicted molar refractivity (Wildman–Crippen MR) is 62.5 cm³/mol. The van der Waals surface area contributed by atoms with Gasteiger partial charge in [0.15, 0.2) is 0 Å². The molecule has 106 valence electrons. The Hall–Kier alpha value is -1.38. The first-order valence-corrected chi connectivity index (χ1v) is 5.47. The van der Waals surface area contributed by atoms with Crippen LogP contribution in [0.3, 0.4) is 0 Å². The zero-order valence-electron chi connectivity index (χ0n) is 13.6.